The number of thioether (sulfide) groups is 1. The van der Waals surface area contributed by atoms with E-state index in [0.717, 1.165) is 22.0 Å². The van der Waals surface area contributed by atoms with E-state index < -0.39 is 17.2 Å². The van der Waals surface area contributed by atoms with Gasteiger partial charge in [-0.25, -0.2) is 9.78 Å². The van der Waals surface area contributed by atoms with Crippen LogP contribution in [0.3, 0.4) is 0 Å². The molecule has 3 rings (SSSR count). The first-order valence-electron chi connectivity index (χ1n) is 9.20. The molecule has 3 amide bonds. The fourth-order valence-corrected chi connectivity index (χ4v) is 4.08. The summed E-state index contributed by atoms with van der Waals surface area (Å²) in [5.41, 5.74) is 7.95. The average Bonchev–Trinajstić information content (AvgIpc) is 2.70. The van der Waals surface area contributed by atoms with Crippen LogP contribution in [0.15, 0.2) is 59.6 Å². The van der Waals surface area contributed by atoms with Gasteiger partial charge >= 0.3 is 6.03 Å². The van der Waals surface area contributed by atoms with Crippen LogP contribution >= 0.6 is 11.8 Å². The quantitative estimate of drug-likeness (QED) is 0.595. The molecule has 150 valence electrons. The van der Waals surface area contributed by atoms with Crippen LogP contribution in [-0.4, -0.2) is 29.3 Å². The van der Waals surface area contributed by atoms with E-state index in [2.05, 4.69) is 5.32 Å². The molecule has 1 aromatic heterocycles. The van der Waals surface area contributed by atoms with Gasteiger partial charge < -0.3 is 10.5 Å². The number of nitrogens with two attached hydrogens (primary N) is 1. The molecule has 0 aliphatic rings. The summed E-state index contributed by atoms with van der Waals surface area (Å²) in [6.07, 6.45) is 0. The zero-order chi connectivity index (χ0) is 21.0. The highest BCUT2D eigenvalue weighted by Crippen LogP contribution is 2.35. The zero-order valence-corrected chi connectivity index (χ0v) is 17.3. The highest BCUT2D eigenvalue weighted by atomic mass is 32.2. The van der Waals surface area contributed by atoms with E-state index >= 15 is 0 Å². The molecule has 1 heterocycles. The number of ether oxygens (including phenoxy) is 1. The Hall–Kier alpha value is -3.06. The van der Waals surface area contributed by atoms with Crippen molar-refractivity contribution < 1.29 is 14.3 Å². The first-order valence-corrected chi connectivity index (χ1v) is 10.1. The van der Waals surface area contributed by atoms with Crippen LogP contribution in [-0.2, 0) is 4.79 Å². The van der Waals surface area contributed by atoms with Crippen molar-refractivity contribution in [3.05, 3.63) is 54.6 Å². The van der Waals surface area contributed by atoms with Crippen molar-refractivity contribution in [2.24, 2.45) is 11.7 Å². The SMILES string of the molecule is COc1ccc2c(-c3ccccc3)cc(S[C@@H](C(=O)NC(N)=O)C(C)C)nc2c1. The number of aromatic nitrogens is 1. The van der Waals surface area contributed by atoms with E-state index in [1.165, 1.54) is 11.8 Å². The molecule has 0 bridgehead atoms. The van der Waals surface area contributed by atoms with Crippen molar-refractivity contribution in [3.8, 4) is 16.9 Å². The van der Waals surface area contributed by atoms with Gasteiger partial charge in [0.2, 0.25) is 5.91 Å². The average molecular weight is 410 g/mol. The van der Waals surface area contributed by atoms with Crippen LogP contribution in [0, 0.1) is 5.92 Å². The molecule has 0 fully saturated rings. The Bertz CT molecular complexity index is 1040. The number of carbonyl (C=O) groups excluding carboxylic acids is 2. The summed E-state index contributed by atoms with van der Waals surface area (Å²) in [4.78, 5) is 28.3. The number of carbonyl (C=O) groups is 2. The maximum absolute atomic E-state index is 12.4. The number of fused-ring (bicyclic) bond motifs is 1. The fourth-order valence-electron chi connectivity index (χ4n) is 3.04. The molecular weight excluding hydrogens is 386 g/mol. The minimum atomic E-state index is -0.859. The summed E-state index contributed by atoms with van der Waals surface area (Å²) in [6, 6.07) is 16.9. The predicted octanol–water partition coefficient (Wildman–Crippen LogP) is 4.22. The standard InChI is InChI=1S/C22H23N3O3S/c1-13(2)20(21(26)25-22(23)27)29-19-12-17(14-7-5-4-6-8-14)16-10-9-15(28-3)11-18(16)24-19/h4-13,20H,1-3H3,(H3,23,25,26,27)/t20-/m1/s1. The Labute approximate surface area is 173 Å². The Kier molecular flexibility index (Phi) is 6.39. The molecule has 0 unspecified atom stereocenters. The number of hydrogen-bond acceptors (Lipinski definition) is 5. The third kappa shape index (κ3) is 4.86. The third-order valence-electron chi connectivity index (χ3n) is 4.44. The summed E-state index contributed by atoms with van der Waals surface area (Å²) in [7, 11) is 1.61. The van der Waals surface area contributed by atoms with Gasteiger partial charge in [-0.2, -0.15) is 0 Å². The first-order chi connectivity index (χ1) is 13.9. The highest BCUT2D eigenvalue weighted by Gasteiger charge is 2.25. The summed E-state index contributed by atoms with van der Waals surface area (Å²) < 4.78 is 5.35. The van der Waals surface area contributed by atoms with Gasteiger partial charge in [0.1, 0.15) is 5.75 Å². The molecule has 29 heavy (non-hydrogen) atoms. The number of benzene rings is 2. The molecule has 3 N–H and O–H groups in total. The number of nitrogens with zero attached hydrogens (tertiary/aromatic N) is 1. The van der Waals surface area contributed by atoms with Crippen LogP contribution in [0.25, 0.3) is 22.0 Å². The number of nitrogens with one attached hydrogen (secondary N) is 1. The number of pyridine rings is 1. The molecule has 3 aromatic rings. The lowest BCUT2D eigenvalue weighted by Crippen LogP contribution is -2.42. The lowest BCUT2D eigenvalue weighted by atomic mass is 10.0. The number of urea groups is 1. The summed E-state index contributed by atoms with van der Waals surface area (Å²) in [6.45, 7) is 3.83. The maximum atomic E-state index is 12.4. The minimum Gasteiger partial charge on any atom is -0.497 e. The van der Waals surface area contributed by atoms with Crippen molar-refractivity contribution in [2.45, 2.75) is 24.1 Å². The van der Waals surface area contributed by atoms with E-state index in [1.54, 1.807) is 7.11 Å². The summed E-state index contributed by atoms with van der Waals surface area (Å²) in [5.74, 6) is 0.256. The van der Waals surface area contributed by atoms with Gasteiger partial charge in [0.25, 0.3) is 0 Å². The van der Waals surface area contributed by atoms with Gasteiger partial charge in [-0.3, -0.25) is 10.1 Å². The second-order valence-corrected chi connectivity index (χ2v) is 8.05. The van der Waals surface area contributed by atoms with E-state index in [9.17, 15) is 9.59 Å². The van der Waals surface area contributed by atoms with Gasteiger partial charge in [0.05, 0.1) is 22.9 Å². The smallest absolute Gasteiger partial charge is 0.318 e. The van der Waals surface area contributed by atoms with Crippen molar-refractivity contribution in [3.63, 3.8) is 0 Å². The van der Waals surface area contributed by atoms with Crippen LogP contribution in [0.5, 0.6) is 5.75 Å². The van der Waals surface area contributed by atoms with Gasteiger partial charge in [0.15, 0.2) is 0 Å². The van der Waals surface area contributed by atoms with E-state index in [4.69, 9.17) is 15.5 Å². The molecule has 0 aliphatic carbocycles. The van der Waals surface area contributed by atoms with Crippen molar-refractivity contribution >= 4 is 34.6 Å². The molecule has 0 spiro atoms. The Morgan fingerprint density at radius 1 is 1.10 bits per heavy atom. The van der Waals surface area contributed by atoms with Crippen molar-refractivity contribution in [1.29, 1.82) is 0 Å². The van der Waals surface area contributed by atoms with Crippen LogP contribution < -0.4 is 15.8 Å². The van der Waals surface area contributed by atoms with Crippen LogP contribution in [0.2, 0.25) is 0 Å². The van der Waals surface area contributed by atoms with Gasteiger partial charge in [-0.15, -0.1) is 0 Å². The van der Waals surface area contributed by atoms with Gasteiger partial charge in [-0.05, 0) is 35.2 Å². The fraction of sp³-hybridized carbons (Fsp3) is 0.227. The molecule has 6 nitrogen and oxygen atoms in total. The van der Waals surface area contributed by atoms with E-state index in [-0.39, 0.29) is 5.92 Å². The van der Waals surface area contributed by atoms with E-state index in [1.807, 2.05) is 68.4 Å². The molecule has 2 aromatic carbocycles. The number of rotatable bonds is 6. The van der Waals surface area contributed by atoms with Crippen LogP contribution in [0.4, 0.5) is 4.79 Å². The normalized spacial score (nSPS) is 12.0. The summed E-state index contributed by atoms with van der Waals surface area (Å²) in [5, 5.41) is 3.34. The zero-order valence-electron chi connectivity index (χ0n) is 16.5. The Morgan fingerprint density at radius 2 is 1.83 bits per heavy atom. The monoisotopic (exact) mass is 409 g/mol. The molecule has 0 saturated carbocycles. The van der Waals surface area contributed by atoms with Crippen LogP contribution in [0.1, 0.15) is 13.8 Å². The molecule has 0 aliphatic heterocycles. The second-order valence-electron chi connectivity index (χ2n) is 6.89. The number of hydrogen-bond donors (Lipinski definition) is 2. The Morgan fingerprint density at radius 3 is 2.45 bits per heavy atom. The number of amides is 3. The second kappa shape index (κ2) is 8.96. The first kappa shape index (κ1) is 20.7. The van der Waals surface area contributed by atoms with Crippen molar-refractivity contribution in [1.82, 2.24) is 10.3 Å². The highest BCUT2D eigenvalue weighted by molar-refractivity contribution is 8.00. The van der Waals surface area contributed by atoms with Crippen molar-refractivity contribution in [2.75, 3.05) is 7.11 Å². The Balaban J connectivity index is 2.09. The molecule has 0 radical (unpaired) electrons. The largest absolute Gasteiger partial charge is 0.497 e. The number of primary amides is 1. The minimum absolute atomic E-state index is 0.0256. The maximum Gasteiger partial charge on any atom is 0.318 e. The predicted molar refractivity (Wildman–Crippen MR) is 116 cm³/mol. The number of imide groups is 1. The van der Waals surface area contributed by atoms with E-state index in [0.29, 0.717) is 10.8 Å². The topological polar surface area (TPSA) is 94.3 Å². The summed E-state index contributed by atoms with van der Waals surface area (Å²) >= 11 is 1.31. The van der Waals surface area contributed by atoms with Gasteiger partial charge in [-0.1, -0.05) is 55.9 Å². The lowest BCUT2D eigenvalue weighted by molar-refractivity contribution is -0.120. The third-order valence-corrected chi connectivity index (χ3v) is 5.90. The molecule has 7 heteroatoms. The number of methoxy groups -OCH3 is 1. The lowest BCUT2D eigenvalue weighted by Gasteiger charge is -2.19. The van der Waals surface area contributed by atoms with Gasteiger partial charge in [0, 0.05) is 11.5 Å². The molecule has 1 atom stereocenters. The molecule has 0 saturated heterocycles. The molecular formula is C22H23N3O3S.